The Morgan fingerprint density at radius 2 is 1.50 bits per heavy atom. The third-order valence-corrected chi connectivity index (χ3v) is 7.02. The van der Waals surface area contributed by atoms with Crippen LogP contribution in [0.1, 0.15) is 39.0 Å². The van der Waals surface area contributed by atoms with E-state index in [1.165, 1.54) is 28.6 Å². The fraction of sp³-hybridized carbons (Fsp3) is 0.571. The fourth-order valence-electron chi connectivity index (χ4n) is 2.93. The first-order valence-electron chi connectivity index (χ1n) is 7.41. The molecular weight excluding hydrogens is 324 g/mol. The lowest BCUT2D eigenvalue weighted by atomic mass is 9.95. The molecule has 1 aliphatic rings. The molecule has 1 aromatic rings. The Balaban J connectivity index is 2.31. The van der Waals surface area contributed by atoms with E-state index in [1.54, 1.807) is 0 Å². The van der Waals surface area contributed by atoms with E-state index in [-0.39, 0.29) is 15.8 Å². The third-order valence-electron chi connectivity index (χ3n) is 4.05. The Morgan fingerprint density at radius 3 is 1.95 bits per heavy atom. The van der Waals surface area contributed by atoms with Crippen LogP contribution >= 0.6 is 0 Å². The molecule has 0 bridgehead atoms. The zero-order chi connectivity index (χ0) is 16.4. The number of nitrogens with zero attached hydrogens (tertiary/aromatic N) is 1. The van der Waals surface area contributed by atoms with Gasteiger partial charge in [0.15, 0.2) is 0 Å². The van der Waals surface area contributed by atoms with Gasteiger partial charge in [-0.05, 0) is 37.1 Å². The molecule has 1 fully saturated rings. The minimum absolute atomic E-state index is 0.0293. The van der Waals surface area contributed by atoms with Gasteiger partial charge in [-0.2, -0.15) is 4.31 Å². The Labute approximate surface area is 132 Å². The number of hydrogen-bond acceptors (Lipinski definition) is 4. The van der Waals surface area contributed by atoms with E-state index in [0.717, 1.165) is 32.1 Å². The van der Waals surface area contributed by atoms with Gasteiger partial charge in [0.2, 0.25) is 20.0 Å². The molecule has 0 unspecified atom stereocenters. The summed E-state index contributed by atoms with van der Waals surface area (Å²) < 4.78 is 49.6. The molecule has 1 saturated carbocycles. The number of primary sulfonamides is 1. The predicted molar refractivity (Wildman–Crippen MR) is 84.3 cm³/mol. The standard InChI is InChI=1S/C14H22N2O4S2/c1-2-16(12-6-4-3-5-7-12)22(19,20)14-10-8-13(9-11-14)21(15,17)18/h8-12H,2-7H2,1H3,(H2,15,17,18). The molecule has 8 heteroatoms. The summed E-state index contributed by atoms with van der Waals surface area (Å²) in [7, 11) is -7.44. The molecule has 0 radical (unpaired) electrons. The fourth-order valence-corrected chi connectivity index (χ4v) is 5.14. The average molecular weight is 346 g/mol. The monoisotopic (exact) mass is 346 g/mol. The summed E-state index contributed by atoms with van der Waals surface area (Å²) in [6.45, 7) is 2.23. The van der Waals surface area contributed by atoms with Crippen LogP contribution in [0.15, 0.2) is 34.1 Å². The number of sulfonamides is 2. The summed E-state index contributed by atoms with van der Waals surface area (Å²) >= 11 is 0. The molecule has 1 aromatic carbocycles. The van der Waals surface area contributed by atoms with Crippen LogP contribution in [0.2, 0.25) is 0 Å². The van der Waals surface area contributed by atoms with E-state index in [9.17, 15) is 16.8 Å². The molecule has 0 aliphatic heterocycles. The predicted octanol–water partition coefficient (Wildman–Crippen LogP) is 1.68. The van der Waals surface area contributed by atoms with Gasteiger partial charge in [0.1, 0.15) is 0 Å². The van der Waals surface area contributed by atoms with Crippen LogP contribution in [0.4, 0.5) is 0 Å². The lowest BCUT2D eigenvalue weighted by Crippen LogP contribution is -2.41. The van der Waals surface area contributed by atoms with Crippen molar-refractivity contribution < 1.29 is 16.8 Å². The first-order valence-corrected chi connectivity index (χ1v) is 10.4. The molecular formula is C14H22N2O4S2. The van der Waals surface area contributed by atoms with Crippen LogP contribution in [-0.4, -0.2) is 33.7 Å². The Bertz CT molecular complexity index is 706. The van der Waals surface area contributed by atoms with Crippen molar-refractivity contribution in [3.8, 4) is 0 Å². The molecule has 0 amide bonds. The summed E-state index contributed by atoms with van der Waals surface area (Å²) in [5.74, 6) is 0. The maximum atomic E-state index is 12.8. The second-order valence-electron chi connectivity index (χ2n) is 5.52. The van der Waals surface area contributed by atoms with Crippen LogP contribution in [0.5, 0.6) is 0 Å². The van der Waals surface area contributed by atoms with Crippen molar-refractivity contribution in [2.75, 3.05) is 6.54 Å². The second kappa shape index (κ2) is 6.66. The normalized spacial score (nSPS) is 17.8. The van der Waals surface area contributed by atoms with Gasteiger partial charge in [0, 0.05) is 12.6 Å². The molecule has 0 spiro atoms. The zero-order valence-corrected chi connectivity index (χ0v) is 14.2. The number of benzene rings is 1. The van der Waals surface area contributed by atoms with Gasteiger partial charge in [0.25, 0.3) is 0 Å². The highest BCUT2D eigenvalue weighted by Gasteiger charge is 2.31. The van der Waals surface area contributed by atoms with E-state index in [4.69, 9.17) is 5.14 Å². The number of rotatable bonds is 5. The topological polar surface area (TPSA) is 97.5 Å². The summed E-state index contributed by atoms with van der Waals surface area (Å²) in [4.78, 5) is 0.0134. The highest BCUT2D eigenvalue weighted by Crippen LogP contribution is 2.27. The maximum Gasteiger partial charge on any atom is 0.243 e. The van der Waals surface area contributed by atoms with Gasteiger partial charge in [-0.15, -0.1) is 0 Å². The summed E-state index contributed by atoms with van der Waals surface area (Å²) in [6.07, 6.45) is 4.99. The smallest absolute Gasteiger partial charge is 0.225 e. The van der Waals surface area contributed by atoms with E-state index >= 15 is 0 Å². The van der Waals surface area contributed by atoms with Crippen molar-refractivity contribution >= 4 is 20.0 Å². The van der Waals surface area contributed by atoms with E-state index < -0.39 is 20.0 Å². The highest BCUT2D eigenvalue weighted by molar-refractivity contribution is 7.89. The molecule has 1 aliphatic carbocycles. The quantitative estimate of drug-likeness (QED) is 0.877. The van der Waals surface area contributed by atoms with E-state index in [2.05, 4.69) is 0 Å². The van der Waals surface area contributed by atoms with Gasteiger partial charge in [-0.25, -0.2) is 22.0 Å². The SMILES string of the molecule is CCN(C1CCCCC1)S(=O)(=O)c1ccc(S(N)(=O)=O)cc1. The Kier molecular flexibility index (Phi) is 5.26. The van der Waals surface area contributed by atoms with Crippen LogP contribution in [0, 0.1) is 0 Å². The summed E-state index contributed by atoms with van der Waals surface area (Å²) in [5, 5.41) is 5.03. The van der Waals surface area contributed by atoms with Gasteiger partial charge < -0.3 is 0 Å². The molecule has 124 valence electrons. The second-order valence-corrected chi connectivity index (χ2v) is 8.97. The lowest BCUT2D eigenvalue weighted by molar-refractivity contribution is 0.261. The summed E-state index contributed by atoms with van der Waals surface area (Å²) in [5.41, 5.74) is 0. The van der Waals surface area contributed by atoms with Crippen molar-refractivity contribution in [3.63, 3.8) is 0 Å². The molecule has 22 heavy (non-hydrogen) atoms. The van der Waals surface area contributed by atoms with Crippen LogP contribution in [0.3, 0.4) is 0 Å². The summed E-state index contributed by atoms with van der Waals surface area (Å²) in [6, 6.07) is 5.11. The van der Waals surface area contributed by atoms with Gasteiger partial charge >= 0.3 is 0 Å². The van der Waals surface area contributed by atoms with Gasteiger partial charge in [-0.3, -0.25) is 0 Å². The van der Waals surface area contributed by atoms with Crippen LogP contribution in [-0.2, 0) is 20.0 Å². The van der Waals surface area contributed by atoms with Crippen LogP contribution < -0.4 is 5.14 Å². The minimum Gasteiger partial charge on any atom is -0.225 e. The molecule has 2 rings (SSSR count). The van der Waals surface area contributed by atoms with E-state index in [0.29, 0.717) is 6.54 Å². The van der Waals surface area contributed by atoms with Crippen molar-refractivity contribution in [2.24, 2.45) is 5.14 Å². The largest absolute Gasteiger partial charge is 0.243 e. The molecule has 0 heterocycles. The number of hydrogen-bond donors (Lipinski definition) is 1. The molecule has 0 aromatic heterocycles. The van der Waals surface area contributed by atoms with E-state index in [1.807, 2.05) is 6.92 Å². The molecule has 0 saturated heterocycles. The van der Waals surface area contributed by atoms with Crippen molar-refractivity contribution in [1.29, 1.82) is 0 Å². The van der Waals surface area contributed by atoms with Crippen molar-refractivity contribution in [1.82, 2.24) is 4.31 Å². The van der Waals surface area contributed by atoms with Crippen molar-refractivity contribution in [2.45, 2.75) is 54.9 Å². The number of nitrogens with two attached hydrogens (primary N) is 1. The molecule has 0 atom stereocenters. The van der Waals surface area contributed by atoms with Crippen molar-refractivity contribution in [3.05, 3.63) is 24.3 Å². The molecule has 2 N–H and O–H groups in total. The van der Waals surface area contributed by atoms with Gasteiger partial charge in [-0.1, -0.05) is 26.2 Å². The average Bonchev–Trinajstić information content (AvgIpc) is 2.48. The lowest BCUT2D eigenvalue weighted by Gasteiger charge is -2.32. The maximum absolute atomic E-state index is 12.8. The Hall–Kier alpha value is -0.960. The highest BCUT2D eigenvalue weighted by atomic mass is 32.2. The van der Waals surface area contributed by atoms with Gasteiger partial charge in [0.05, 0.1) is 9.79 Å². The van der Waals surface area contributed by atoms with Crippen LogP contribution in [0.25, 0.3) is 0 Å². The minimum atomic E-state index is -3.82. The Morgan fingerprint density at radius 1 is 1.00 bits per heavy atom. The zero-order valence-electron chi connectivity index (χ0n) is 12.6. The third kappa shape index (κ3) is 3.68. The molecule has 6 nitrogen and oxygen atoms in total. The first kappa shape index (κ1) is 17.4. The first-order chi connectivity index (χ1) is 10.3.